The Morgan fingerprint density at radius 3 is 2.72 bits per heavy atom. The van der Waals surface area contributed by atoms with Crippen molar-refractivity contribution in [2.24, 2.45) is 7.05 Å². The average Bonchev–Trinajstić information content (AvgIpc) is 3.00. The smallest absolute Gasteiger partial charge is 0.0939 e. The first-order valence-electron chi connectivity index (χ1n) is 10.1. The summed E-state index contributed by atoms with van der Waals surface area (Å²) in [6.07, 6.45) is 5.15. The van der Waals surface area contributed by atoms with Gasteiger partial charge in [-0.05, 0) is 41.3 Å². The van der Waals surface area contributed by atoms with Crippen molar-refractivity contribution in [2.75, 3.05) is 5.32 Å². The molecule has 2 aromatic heterocycles. The molecular weight excluding hydrogens is 354 g/mol. The van der Waals surface area contributed by atoms with Crippen molar-refractivity contribution in [3.8, 4) is 0 Å². The van der Waals surface area contributed by atoms with Crippen molar-refractivity contribution in [3.05, 3.63) is 102 Å². The van der Waals surface area contributed by atoms with Crippen LogP contribution in [0.25, 0.3) is 21.8 Å². The largest absolute Gasteiger partial charge is 0.353 e. The molecule has 140 valence electrons. The second-order valence-corrected chi connectivity index (χ2v) is 7.86. The van der Waals surface area contributed by atoms with Gasteiger partial charge in [0.15, 0.2) is 0 Å². The maximum absolute atomic E-state index is 4.74. The van der Waals surface area contributed by atoms with Gasteiger partial charge in [-0.2, -0.15) is 0 Å². The van der Waals surface area contributed by atoms with Crippen molar-refractivity contribution in [1.82, 2.24) is 9.55 Å². The zero-order valence-corrected chi connectivity index (χ0v) is 16.3. The molecule has 29 heavy (non-hydrogen) atoms. The molecule has 0 radical (unpaired) electrons. The van der Waals surface area contributed by atoms with Gasteiger partial charge in [-0.1, -0.05) is 54.6 Å². The van der Waals surface area contributed by atoms with E-state index < -0.39 is 0 Å². The first kappa shape index (κ1) is 16.4. The Bertz CT molecular complexity index is 1380. The van der Waals surface area contributed by atoms with E-state index in [1.807, 2.05) is 12.3 Å². The van der Waals surface area contributed by atoms with Gasteiger partial charge in [0.05, 0.1) is 11.2 Å². The van der Waals surface area contributed by atoms with Gasteiger partial charge in [0.1, 0.15) is 0 Å². The summed E-state index contributed by atoms with van der Waals surface area (Å²) in [4.78, 5) is 4.74. The minimum absolute atomic E-state index is 0.263. The Kier molecular flexibility index (Phi) is 3.51. The number of para-hydroxylation sites is 2. The molecule has 5 aromatic rings. The molecule has 0 bridgehead atoms. The third-order valence-electron chi connectivity index (χ3n) is 6.19. The van der Waals surface area contributed by atoms with Gasteiger partial charge in [-0.3, -0.25) is 4.98 Å². The summed E-state index contributed by atoms with van der Waals surface area (Å²) < 4.78 is 2.24. The topological polar surface area (TPSA) is 29.9 Å². The van der Waals surface area contributed by atoms with Gasteiger partial charge < -0.3 is 9.88 Å². The van der Waals surface area contributed by atoms with Crippen molar-refractivity contribution in [2.45, 2.75) is 12.3 Å². The van der Waals surface area contributed by atoms with E-state index in [1.54, 1.807) is 0 Å². The maximum atomic E-state index is 4.74. The van der Waals surface area contributed by atoms with Crippen LogP contribution in [0, 0.1) is 0 Å². The second kappa shape index (κ2) is 6.21. The lowest BCUT2D eigenvalue weighted by molar-refractivity contribution is 0.814. The first-order valence-corrected chi connectivity index (χ1v) is 10.1. The minimum atomic E-state index is 0.263. The Morgan fingerprint density at radius 1 is 0.897 bits per heavy atom. The minimum Gasteiger partial charge on any atom is -0.353 e. The van der Waals surface area contributed by atoms with Crippen LogP contribution in [0.2, 0.25) is 0 Å². The third-order valence-corrected chi connectivity index (χ3v) is 6.19. The highest BCUT2D eigenvalue weighted by atomic mass is 14.9. The van der Waals surface area contributed by atoms with Crippen molar-refractivity contribution in [1.29, 1.82) is 0 Å². The summed E-state index contributed by atoms with van der Waals surface area (Å²) >= 11 is 0. The quantitative estimate of drug-likeness (QED) is 0.380. The number of hydrogen-bond donors (Lipinski definition) is 1. The number of aryl methyl sites for hydroxylation is 1. The monoisotopic (exact) mass is 375 g/mol. The van der Waals surface area contributed by atoms with E-state index in [2.05, 4.69) is 89.9 Å². The number of pyridine rings is 1. The van der Waals surface area contributed by atoms with Gasteiger partial charge in [0, 0.05) is 47.3 Å². The molecule has 0 spiro atoms. The predicted octanol–water partition coefficient (Wildman–Crippen LogP) is 6.16. The number of benzene rings is 3. The van der Waals surface area contributed by atoms with Crippen LogP contribution in [0.4, 0.5) is 11.4 Å². The fourth-order valence-electron chi connectivity index (χ4n) is 4.80. The molecule has 1 atom stereocenters. The van der Waals surface area contributed by atoms with Gasteiger partial charge in [-0.15, -0.1) is 0 Å². The molecule has 1 aliphatic rings. The second-order valence-electron chi connectivity index (χ2n) is 7.86. The molecule has 0 saturated carbocycles. The Labute approximate surface area is 169 Å². The normalized spacial score (nSPS) is 15.6. The van der Waals surface area contributed by atoms with Crippen LogP contribution >= 0.6 is 0 Å². The van der Waals surface area contributed by atoms with Crippen LogP contribution in [0.15, 0.2) is 85.2 Å². The van der Waals surface area contributed by atoms with Crippen LogP contribution in [-0.2, 0) is 13.5 Å². The summed E-state index contributed by atoms with van der Waals surface area (Å²) in [5.41, 5.74) is 8.63. The van der Waals surface area contributed by atoms with Crippen LogP contribution < -0.4 is 5.32 Å². The highest BCUT2D eigenvalue weighted by Gasteiger charge is 2.27. The van der Waals surface area contributed by atoms with E-state index in [1.165, 1.54) is 33.3 Å². The van der Waals surface area contributed by atoms with Gasteiger partial charge in [-0.25, -0.2) is 0 Å². The zero-order valence-electron chi connectivity index (χ0n) is 16.3. The number of aromatic nitrogens is 2. The molecule has 3 nitrogen and oxygen atoms in total. The Hall–Kier alpha value is -3.59. The molecule has 0 amide bonds. The standard InChI is InChI=1S/C26H21N3/c1-29-16-22(19-9-3-5-11-24(19)29)21-15-18-7-2-4-10-23(18)28-26-20(21)13-12-17-8-6-14-27-25(17)26/h2-14,16,21,28H,15H2,1H3/t21-/m0/s1. The summed E-state index contributed by atoms with van der Waals surface area (Å²) in [5.74, 6) is 0.263. The van der Waals surface area contributed by atoms with Crippen LogP contribution in [-0.4, -0.2) is 9.55 Å². The molecule has 3 heterocycles. The van der Waals surface area contributed by atoms with E-state index in [4.69, 9.17) is 4.98 Å². The third kappa shape index (κ3) is 2.47. The Balaban J connectivity index is 1.67. The molecule has 6 rings (SSSR count). The lowest BCUT2D eigenvalue weighted by atomic mass is 9.85. The summed E-state index contributed by atoms with van der Waals surface area (Å²) in [5, 5.41) is 6.22. The lowest BCUT2D eigenvalue weighted by Crippen LogP contribution is -2.04. The summed E-state index contributed by atoms with van der Waals surface area (Å²) in [6.45, 7) is 0. The van der Waals surface area contributed by atoms with Crippen molar-refractivity contribution < 1.29 is 0 Å². The van der Waals surface area contributed by atoms with Crippen LogP contribution in [0.1, 0.15) is 22.6 Å². The number of anilines is 2. The van der Waals surface area contributed by atoms with Gasteiger partial charge in [0.25, 0.3) is 0 Å². The SMILES string of the molecule is Cn1cc([C@H]2Cc3ccccc3Nc3c2ccc2cccnc32)c2ccccc21. The van der Waals surface area contributed by atoms with Crippen LogP contribution in [0.5, 0.6) is 0 Å². The molecule has 1 N–H and O–H groups in total. The molecule has 0 aliphatic carbocycles. The van der Waals surface area contributed by atoms with Crippen molar-refractivity contribution >= 4 is 33.2 Å². The summed E-state index contributed by atoms with van der Waals surface area (Å²) in [7, 11) is 2.14. The van der Waals surface area contributed by atoms with Crippen molar-refractivity contribution in [3.63, 3.8) is 0 Å². The molecule has 1 aliphatic heterocycles. The van der Waals surface area contributed by atoms with Gasteiger partial charge in [0.2, 0.25) is 0 Å². The molecule has 3 heteroatoms. The molecule has 0 fully saturated rings. The van der Waals surface area contributed by atoms with E-state index in [-0.39, 0.29) is 5.92 Å². The van der Waals surface area contributed by atoms with Crippen LogP contribution in [0.3, 0.4) is 0 Å². The Morgan fingerprint density at radius 2 is 1.76 bits per heavy atom. The zero-order chi connectivity index (χ0) is 19.4. The fourth-order valence-corrected chi connectivity index (χ4v) is 4.80. The average molecular weight is 375 g/mol. The molecular formula is C26H21N3. The number of fused-ring (bicyclic) bond motifs is 5. The first-order chi connectivity index (χ1) is 14.3. The molecule has 3 aromatic carbocycles. The predicted molar refractivity (Wildman–Crippen MR) is 120 cm³/mol. The number of hydrogen-bond acceptors (Lipinski definition) is 2. The highest BCUT2D eigenvalue weighted by molar-refractivity contribution is 5.96. The maximum Gasteiger partial charge on any atom is 0.0939 e. The summed E-state index contributed by atoms with van der Waals surface area (Å²) in [6, 6.07) is 26.0. The van der Waals surface area contributed by atoms with E-state index in [0.717, 1.165) is 23.0 Å². The van der Waals surface area contributed by atoms with E-state index >= 15 is 0 Å². The number of rotatable bonds is 1. The lowest BCUT2D eigenvalue weighted by Gasteiger charge is -2.18. The van der Waals surface area contributed by atoms with E-state index in [9.17, 15) is 0 Å². The molecule has 0 unspecified atom stereocenters. The van der Waals surface area contributed by atoms with E-state index in [0.29, 0.717) is 0 Å². The fraction of sp³-hybridized carbons (Fsp3) is 0.115. The highest BCUT2D eigenvalue weighted by Crippen LogP contribution is 2.44. The van der Waals surface area contributed by atoms with Gasteiger partial charge >= 0.3 is 0 Å². The number of nitrogens with one attached hydrogen (secondary N) is 1. The molecule has 0 saturated heterocycles. The number of nitrogens with zero attached hydrogens (tertiary/aromatic N) is 2.